The Labute approximate surface area is 106 Å². The number of para-hydroxylation sites is 1. The van der Waals surface area contributed by atoms with E-state index < -0.39 is 5.91 Å². The van der Waals surface area contributed by atoms with Gasteiger partial charge in [0.15, 0.2) is 0 Å². The maximum Gasteiger partial charge on any atom is 0.250 e. The molecule has 2 unspecified atom stereocenters. The third-order valence-corrected chi connectivity index (χ3v) is 3.55. The first-order valence-electron chi connectivity index (χ1n) is 6.12. The fourth-order valence-corrected chi connectivity index (χ4v) is 2.40. The molecule has 5 nitrogen and oxygen atoms in total. The number of nitrogens with zero attached hydrogens (tertiary/aromatic N) is 1. The van der Waals surface area contributed by atoms with Crippen molar-refractivity contribution in [1.82, 2.24) is 0 Å². The number of hydrogen-bond donors (Lipinski definition) is 3. The number of carbonyl (C=O) groups excluding carboxylic acids is 1. The molecule has 2 atom stereocenters. The molecule has 0 bridgehead atoms. The van der Waals surface area contributed by atoms with E-state index in [1.807, 2.05) is 13.0 Å². The quantitative estimate of drug-likeness (QED) is 0.668. The van der Waals surface area contributed by atoms with Crippen LogP contribution >= 0.6 is 0 Å². The first kappa shape index (κ1) is 12.7. The van der Waals surface area contributed by atoms with Crippen LogP contribution in [-0.4, -0.2) is 30.2 Å². The fourth-order valence-electron chi connectivity index (χ4n) is 2.40. The Hall–Kier alpha value is -1.75. The van der Waals surface area contributed by atoms with Crippen molar-refractivity contribution in [2.45, 2.75) is 19.4 Å². The maximum absolute atomic E-state index is 11.3. The number of nitrogens with two attached hydrogens (primary N) is 2. The first-order chi connectivity index (χ1) is 8.50. The van der Waals surface area contributed by atoms with Crippen LogP contribution in [-0.2, 0) is 0 Å². The molecule has 1 saturated heterocycles. The predicted octanol–water partition coefficient (Wildman–Crippen LogP) is 0.575. The summed E-state index contributed by atoms with van der Waals surface area (Å²) in [5, 5.41) is 9.72. The zero-order chi connectivity index (χ0) is 13.3. The number of piperidine rings is 1. The van der Waals surface area contributed by atoms with E-state index in [0.717, 1.165) is 18.8 Å². The summed E-state index contributed by atoms with van der Waals surface area (Å²) >= 11 is 0. The lowest BCUT2D eigenvalue weighted by atomic mass is 9.96. The number of rotatable bonds is 2. The summed E-state index contributed by atoms with van der Waals surface area (Å²) in [6, 6.07) is 5.29. The molecule has 1 heterocycles. The van der Waals surface area contributed by atoms with Crippen molar-refractivity contribution in [2.75, 3.05) is 23.7 Å². The molecule has 1 fully saturated rings. The Kier molecular flexibility index (Phi) is 3.43. The summed E-state index contributed by atoms with van der Waals surface area (Å²) in [7, 11) is 0. The molecule has 1 aliphatic heterocycles. The molecule has 1 aromatic rings. The fraction of sp³-hybridized carbons (Fsp3) is 0.462. The van der Waals surface area contributed by atoms with Gasteiger partial charge in [0.1, 0.15) is 0 Å². The van der Waals surface area contributed by atoms with Gasteiger partial charge < -0.3 is 21.5 Å². The van der Waals surface area contributed by atoms with Gasteiger partial charge in [-0.25, -0.2) is 0 Å². The Morgan fingerprint density at radius 1 is 1.50 bits per heavy atom. The van der Waals surface area contributed by atoms with Gasteiger partial charge in [-0.3, -0.25) is 4.79 Å². The van der Waals surface area contributed by atoms with Crippen LogP contribution in [0, 0.1) is 5.92 Å². The Balaban J connectivity index is 2.29. The minimum absolute atomic E-state index is 0.190. The predicted molar refractivity (Wildman–Crippen MR) is 71.4 cm³/mol. The number of nitrogen functional groups attached to an aromatic ring is 1. The third-order valence-electron chi connectivity index (χ3n) is 3.55. The number of hydrogen-bond acceptors (Lipinski definition) is 4. The average Bonchev–Trinajstić information content (AvgIpc) is 2.33. The zero-order valence-corrected chi connectivity index (χ0v) is 10.5. The monoisotopic (exact) mass is 249 g/mol. The Bertz CT molecular complexity index is 462. The van der Waals surface area contributed by atoms with Gasteiger partial charge in [0.25, 0.3) is 5.91 Å². The number of anilines is 2. The molecule has 98 valence electrons. The van der Waals surface area contributed by atoms with Gasteiger partial charge >= 0.3 is 0 Å². The van der Waals surface area contributed by atoms with Gasteiger partial charge in [0, 0.05) is 13.1 Å². The average molecular weight is 249 g/mol. The van der Waals surface area contributed by atoms with Crippen LogP contribution in [0.2, 0.25) is 0 Å². The van der Waals surface area contributed by atoms with Crippen molar-refractivity contribution in [3.05, 3.63) is 23.8 Å². The van der Waals surface area contributed by atoms with Crippen LogP contribution in [0.25, 0.3) is 0 Å². The maximum atomic E-state index is 11.3. The van der Waals surface area contributed by atoms with Gasteiger partial charge in [0.2, 0.25) is 0 Å². The molecule has 0 radical (unpaired) electrons. The SMILES string of the molecule is CC1CN(c2cccc(C(N)=O)c2N)CCC1O. The second-order valence-electron chi connectivity index (χ2n) is 4.88. The van der Waals surface area contributed by atoms with E-state index in [-0.39, 0.29) is 12.0 Å². The number of aliphatic hydroxyl groups excluding tert-OH is 1. The van der Waals surface area contributed by atoms with Gasteiger partial charge in [-0.2, -0.15) is 0 Å². The van der Waals surface area contributed by atoms with Crippen LogP contribution in [0.5, 0.6) is 0 Å². The summed E-state index contributed by atoms with van der Waals surface area (Å²) in [6.07, 6.45) is 0.448. The topological polar surface area (TPSA) is 92.6 Å². The Morgan fingerprint density at radius 2 is 2.22 bits per heavy atom. The summed E-state index contributed by atoms with van der Waals surface area (Å²) in [6.45, 7) is 3.47. The highest BCUT2D eigenvalue weighted by atomic mass is 16.3. The summed E-state index contributed by atoms with van der Waals surface area (Å²) in [4.78, 5) is 13.4. The number of benzene rings is 1. The van der Waals surface area contributed by atoms with Crippen LogP contribution in [0.1, 0.15) is 23.7 Å². The van der Waals surface area contributed by atoms with Crippen molar-refractivity contribution in [3.8, 4) is 0 Å². The Morgan fingerprint density at radius 3 is 2.83 bits per heavy atom. The van der Waals surface area contributed by atoms with Crippen molar-refractivity contribution >= 4 is 17.3 Å². The minimum Gasteiger partial charge on any atom is -0.396 e. The smallest absolute Gasteiger partial charge is 0.250 e. The van der Waals surface area contributed by atoms with Crippen LogP contribution in [0.4, 0.5) is 11.4 Å². The highest BCUT2D eigenvalue weighted by Gasteiger charge is 2.26. The van der Waals surface area contributed by atoms with Gasteiger partial charge in [-0.15, -0.1) is 0 Å². The normalized spacial score (nSPS) is 24.0. The molecular weight excluding hydrogens is 230 g/mol. The van der Waals surface area contributed by atoms with Crippen molar-refractivity contribution < 1.29 is 9.90 Å². The number of carbonyl (C=O) groups is 1. The van der Waals surface area contributed by atoms with E-state index in [2.05, 4.69) is 4.90 Å². The molecule has 1 aromatic carbocycles. The molecule has 0 aliphatic carbocycles. The van der Waals surface area contributed by atoms with Gasteiger partial charge in [-0.1, -0.05) is 13.0 Å². The molecule has 2 rings (SSSR count). The molecule has 1 aliphatic rings. The lowest BCUT2D eigenvalue weighted by Crippen LogP contribution is -2.42. The highest BCUT2D eigenvalue weighted by molar-refractivity contribution is 6.00. The molecule has 5 heteroatoms. The molecular formula is C13H19N3O2. The number of primary amides is 1. The summed E-state index contributed by atoms with van der Waals surface area (Å²) in [5.41, 5.74) is 12.9. The minimum atomic E-state index is -0.514. The number of amides is 1. The van der Waals surface area contributed by atoms with E-state index in [0.29, 0.717) is 17.7 Å². The van der Waals surface area contributed by atoms with E-state index in [9.17, 15) is 9.90 Å². The van der Waals surface area contributed by atoms with Gasteiger partial charge in [-0.05, 0) is 24.5 Å². The summed E-state index contributed by atoms with van der Waals surface area (Å²) in [5.74, 6) is -0.324. The molecule has 18 heavy (non-hydrogen) atoms. The van der Waals surface area contributed by atoms with E-state index >= 15 is 0 Å². The molecule has 0 saturated carbocycles. The third kappa shape index (κ3) is 2.26. The van der Waals surface area contributed by atoms with Crippen LogP contribution < -0.4 is 16.4 Å². The molecule has 1 amide bonds. The molecule has 0 spiro atoms. The zero-order valence-electron chi connectivity index (χ0n) is 10.5. The lowest BCUT2D eigenvalue weighted by Gasteiger charge is -2.36. The second-order valence-corrected chi connectivity index (χ2v) is 4.88. The van der Waals surface area contributed by atoms with Crippen molar-refractivity contribution in [2.24, 2.45) is 11.7 Å². The van der Waals surface area contributed by atoms with Gasteiger partial charge in [0.05, 0.1) is 23.0 Å². The van der Waals surface area contributed by atoms with E-state index in [1.165, 1.54) is 0 Å². The van der Waals surface area contributed by atoms with Crippen molar-refractivity contribution in [3.63, 3.8) is 0 Å². The highest BCUT2D eigenvalue weighted by Crippen LogP contribution is 2.30. The summed E-state index contributed by atoms with van der Waals surface area (Å²) < 4.78 is 0. The van der Waals surface area contributed by atoms with Crippen LogP contribution in [0.3, 0.4) is 0 Å². The lowest BCUT2D eigenvalue weighted by molar-refractivity contribution is 0.0969. The number of aliphatic hydroxyl groups is 1. The molecule has 0 aromatic heterocycles. The van der Waals surface area contributed by atoms with E-state index in [4.69, 9.17) is 11.5 Å². The first-order valence-corrected chi connectivity index (χ1v) is 6.12. The largest absolute Gasteiger partial charge is 0.396 e. The van der Waals surface area contributed by atoms with Crippen LogP contribution in [0.15, 0.2) is 18.2 Å². The molecule has 5 N–H and O–H groups in total. The van der Waals surface area contributed by atoms with Crippen molar-refractivity contribution in [1.29, 1.82) is 0 Å². The van der Waals surface area contributed by atoms with E-state index in [1.54, 1.807) is 12.1 Å². The second kappa shape index (κ2) is 4.86. The standard InChI is InChI=1S/C13H19N3O2/c1-8-7-16(6-5-11(8)17)10-4-2-3-9(12(10)14)13(15)18/h2-4,8,11,17H,5-7,14H2,1H3,(H2,15,18).